The number of carboxylic acids is 1. The van der Waals surface area contributed by atoms with Crippen LogP contribution >= 0.6 is 0 Å². The Morgan fingerprint density at radius 1 is 0.889 bits per heavy atom. The van der Waals surface area contributed by atoms with Crippen LogP contribution in [0.1, 0.15) is 81.1 Å². The summed E-state index contributed by atoms with van der Waals surface area (Å²) in [7, 11) is 0. The lowest BCUT2D eigenvalue weighted by molar-refractivity contribution is 0.0696. The van der Waals surface area contributed by atoms with Gasteiger partial charge in [-0.15, -0.1) is 0 Å². The van der Waals surface area contributed by atoms with Gasteiger partial charge in [0.2, 0.25) is 0 Å². The average Bonchev–Trinajstić information content (AvgIpc) is 2.69. The van der Waals surface area contributed by atoms with Crippen molar-refractivity contribution < 1.29 is 9.90 Å². The molecule has 0 fully saturated rings. The molecule has 2 nitrogen and oxygen atoms in total. The van der Waals surface area contributed by atoms with Crippen LogP contribution in [0.5, 0.6) is 0 Å². The molecule has 2 aromatic rings. The van der Waals surface area contributed by atoms with Crippen molar-refractivity contribution in [3.05, 3.63) is 59.7 Å². The van der Waals surface area contributed by atoms with E-state index in [-0.39, 0.29) is 0 Å². The second kappa shape index (κ2) is 11.6. The first-order valence-electron chi connectivity index (χ1n) is 10.6. The standard InChI is InChI=1S/C25H34O2/c1-3-5-7-9-13-20(12-6-4-2)18-23-19-22(25(26)27)16-17-24(23)21-14-10-8-11-15-21/h8,10-11,14-17,19-20H,3-7,9,12-13,18H2,1-2H3,(H,26,27). The summed E-state index contributed by atoms with van der Waals surface area (Å²) in [6.45, 7) is 4.49. The van der Waals surface area contributed by atoms with Gasteiger partial charge in [-0.3, -0.25) is 0 Å². The fraction of sp³-hybridized carbons (Fsp3) is 0.480. The van der Waals surface area contributed by atoms with Crippen LogP contribution in [-0.2, 0) is 6.42 Å². The third kappa shape index (κ3) is 6.86. The highest BCUT2D eigenvalue weighted by Crippen LogP contribution is 2.30. The molecular formula is C25H34O2. The van der Waals surface area contributed by atoms with Gasteiger partial charge >= 0.3 is 5.97 Å². The second-order valence-corrected chi connectivity index (χ2v) is 7.60. The van der Waals surface area contributed by atoms with Crippen LogP contribution in [0.25, 0.3) is 11.1 Å². The first kappa shape index (κ1) is 21.2. The summed E-state index contributed by atoms with van der Waals surface area (Å²) in [5, 5.41) is 9.45. The summed E-state index contributed by atoms with van der Waals surface area (Å²) in [6.07, 6.45) is 11.1. The van der Waals surface area contributed by atoms with Gasteiger partial charge < -0.3 is 5.11 Å². The van der Waals surface area contributed by atoms with Gasteiger partial charge in [-0.25, -0.2) is 4.79 Å². The van der Waals surface area contributed by atoms with Crippen molar-refractivity contribution in [3.63, 3.8) is 0 Å². The Labute approximate surface area is 164 Å². The minimum absolute atomic E-state index is 0.393. The van der Waals surface area contributed by atoms with Gasteiger partial charge in [-0.05, 0) is 41.2 Å². The molecule has 0 aliphatic rings. The second-order valence-electron chi connectivity index (χ2n) is 7.60. The van der Waals surface area contributed by atoms with Gasteiger partial charge in [-0.2, -0.15) is 0 Å². The van der Waals surface area contributed by atoms with Crippen LogP contribution in [0.15, 0.2) is 48.5 Å². The molecule has 1 unspecified atom stereocenters. The summed E-state index contributed by atoms with van der Waals surface area (Å²) in [6, 6.07) is 16.0. The highest BCUT2D eigenvalue weighted by Gasteiger charge is 2.15. The van der Waals surface area contributed by atoms with E-state index < -0.39 is 5.97 Å². The molecule has 146 valence electrons. The summed E-state index contributed by atoms with van der Waals surface area (Å²) in [4.78, 5) is 11.5. The largest absolute Gasteiger partial charge is 0.478 e. The Morgan fingerprint density at radius 2 is 1.59 bits per heavy atom. The van der Waals surface area contributed by atoms with Gasteiger partial charge in [0, 0.05) is 0 Å². The van der Waals surface area contributed by atoms with Crippen molar-refractivity contribution in [3.8, 4) is 11.1 Å². The van der Waals surface area contributed by atoms with Crippen molar-refractivity contribution in [1.82, 2.24) is 0 Å². The molecule has 1 atom stereocenters. The molecule has 2 rings (SSSR count). The molecule has 0 saturated heterocycles. The first-order chi connectivity index (χ1) is 13.2. The van der Waals surface area contributed by atoms with Crippen LogP contribution in [0.2, 0.25) is 0 Å². The Morgan fingerprint density at radius 3 is 2.26 bits per heavy atom. The molecule has 2 aromatic carbocycles. The Hall–Kier alpha value is -2.09. The average molecular weight is 367 g/mol. The highest BCUT2D eigenvalue weighted by molar-refractivity contribution is 5.89. The van der Waals surface area contributed by atoms with Crippen molar-refractivity contribution in [1.29, 1.82) is 0 Å². The summed E-state index contributed by atoms with van der Waals surface area (Å²) in [5.41, 5.74) is 3.92. The predicted molar refractivity (Wildman–Crippen MR) is 114 cm³/mol. The Kier molecular flexibility index (Phi) is 9.10. The fourth-order valence-electron chi connectivity index (χ4n) is 3.81. The van der Waals surface area contributed by atoms with E-state index in [2.05, 4.69) is 26.0 Å². The normalized spacial score (nSPS) is 12.1. The zero-order valence-electron chi connectivity index (χ0n) is 16.9. The zero-order valence-corrected chi connectivity index (χ0v) is 16.9. The number of benzene rings is 2. The molecule has 0 aliphatic heterocycles. The molecule has 0 bridgehead atoms. The van der Waals surface area contributed by atoms with Gasteiger partial charge in [0.15, 0.2) is 0 Å². The molecule has 0 spiro atoms. The van der Waals surface area contributed by atoms with E-state index in [4.69, 9.17) is 0 Å². The number of aromatic carboxylic acids is 1. The first-order valence-corrected chi connectivity index (χ1v) is 10.6. The van der Waals surface area contributed by atoms with Crippen LogP contribution in [0.3, 0.4) is 0 Å². The maximum absolute atomic E-state index is 11.5. The minimum atomic E-state index is -0.844. The molecule has 0 amide bonds. The molecule has 0 heterocycles. The Bertz CT molecular complexity index is 691. The van der Waals surface area contributed by atoms with Gasteiger partial charge in [0.25, 0.3) is 0 Å². The predicted octanol–water partition coefficient (Wildman–Crippen LogP) is 7.37. The molecule has 27 heavy (non-hydrogen) atoms. The quantitative estimate of drug-likeness (QED) is 0.398. The number of unbranched alkanes of at least 4 members (excludes halogenated alkanes) is 4. The number of carboxylic acid groups (broad SMARTS) is 1. The smallest absolute Gasteiger partial charge is 0.335 e. The van der Waals surface area contributed by atoms with Gasteiger partial charge in [-0.1, -0.05) is 102 Å². The third-order valence-electron chi connectivity index (χ3n) is 5.38. The maximum Gasteiger partial charge on any atom is 0.335 e. The maximum atomic E-state index is 11.5. The van der Waals surface area contributed by atoms with E-state index in [1.807, 2.05) is 30.3 Å². The molecule has 0 saturated carbocycles. The lowest BCUT2D eigenvalue weighted by Gasteiger charge is -2.19. The third-order valence-corrected chi connectivity index (χ3v) is 5.38. The lowest BCUT2D eigenvalue weighted by Crippen LogP contribution is -2.08. The van der Waals surface area contributed by atoms with Crippen molar-refractivity contribution in [2.24, 2.45) is 5.92 Å². The number of rotatable bonds is 12. The molecule has 2 heteroatoms. The molecule has 1 N–H and O–H groups in total. The monoisotopic (exact) mass is 366 g/mol. The van der Waals surface area contributed by atoms with E-state index in [0.717, 1.165) is 6.42 Å². The van der Waals surface area contributed by atoms with Crippen LogP contribution < -0.4 is 0 Å². The van der Waals surface area contributed by atoms with E-state index in [1.165, 1.54) is 68.1 Å². The molecule has 0 aliphatic carbocycles. The number of hydrogen-bond acceptors (Lipinski definition) is 1. The minimum Gasteiger partial charge on any atom is -0.478 e. The van der Waals surface area contributed by atoms with Gasteiger partial charge in [0.1, 0.15) is 0 Å². The van der Waals surface area contributed by atoms with E-state index in [0.29, 0.717) is 11.5 Å². The number of hydrogen-bond donors (Lipinski definition) is 1. The summed E-state index contributed by atoms with van der Waals surface area (Å²) < 4.78 is 0. The highest BCUT2D eigenvalue weighted by atomic mass is 16.4. The molecule has 0 radical (unpaired) electrons. The van der Waals surface area contributed by atoms with Crippen molar-refractivity contribution in [2.45, 2.75) is 71.6 Å². The number of carbonyl (C=O) groups is 1. The SMILES string of the molecule is CCCCCCC(CCCC)Cc1cc(C(=O)O)ccc1-c1ccccc1. The van der Waals surface area contributed by atoms with E-state index >= 15 is 0 Å². The van der Waals surface area contributed by atoms with E-state index in [1.54, 1.807) is 6.07 Å². The Balaban J connectivity index is 2.25. The van der Waals surface area contributed by atoms with Crippen molar-refractivity contribution in [2.75, 3.05) is 0 Å². The van der Waals surface area contributed by atoms with Crippen LogP contribution in [0, 0.1) is 5.92 Å². The molecule has 0 aromatic heterocycles. The topological polar surface area (TPSA) is 37.3 Å². The van der Waals surface area contributed by atoms with Crippen LogP contribution in [-0.4, -0.2) is 11.1 Å². The lowest BCUT2D eigenvalue weighted by atomic mass is 9.85. The fourth-order valence-corrected chi connectivity index (χ4v) is 3.81. The van der Waals surface area contributed by atoms with Gasteiger partial charge in [0.05, 0.1) is 5.56 Å². The van der Waals surface area contributed by atoms with Crippen LogP contribution in [0.4, 0.5) is 0 Å². The summed E-state index contributed by atoms with van der Waals surface area (Å²) in [5.74, 6) is -0.211. The zero-order chi connectivity index (χ0) is 19.5. The summed E-state index contributed by atoms with van der Waals surface area (Å²) >= 11 is 0. The van der Waals surface area contributed by atoms with E-state index in [9.17, 15) is 9.90 Å². The molecular weight excluding hydrogens is 332 g/mol. The van der Waals surface area contributed by atoms with Crippen molar-refractivity contribution >= 4 is 5.97 Å².